The standard InChI is InChI=1S/C24H24FN5O5/c1-13-27-28-20(35-13)22(34)29(2)24-10-9-15(11-24)12-30-21(33)19(32)18(26-23(24)30)17(31)8-5-14-3-6-16(25)7-4-14/h3-4,6-7,15,32H,5,8-12H2,1-2H3. The van der Waals surface area contributed by atoms with E-state index < -0.39 is 28.5 Å². The van der Waals surface area contributed by atoms with Gasteiger partial charge in [-0.2, -0.15) is 0 Å². The molecule has 3 heterocycles. The van der Waals surface area contributed by atoms with Crippen molar-refractivity contribution < 1.29 is 23.5 Å². The van der Waals surface area contributed by atoms with Crippen molar-refractivity contribution in [3.8, 4) is 5.75 Å². The van der Waals surface area contributed by atoms with Crippen LogP contribution in [-0.4, -0.2) is 48.5 Å². The average Bonchev–Trinajstić information content (AvgIpc) is 3.44. The molecule has 5 rings (SSSR count). The van der Waals surface area contributed by atoms with Gasteiger partial charge in [-0.05, 0) is 49.3 Å². The van der Waals surface area contributed by atoms with Gasteiger partial charge in [0.15, 0.2) is 11.5 Å². The van der Waals surface area contributed by atoms with E-state index in [2.05, 4.69) is 15.2 Å². The number of hydrogen-bond donors (Lipinski definition) is 1. The maximum atomic E-state index is 13.2. The zero-order valence-electron chi connectivity index (χ0n) is 19.3. The first-order valence-electron chi connectivity index (χ1n) is 11.4. The maximum Gasteiger partial charge on any atom is 0.311 e. The van der Waals surface area contributed by atoms with Gasteiger partial charge >= 0.3 is 11.8 Å². The van der Waals surface area contributed by atoms with E-state index in [9.17, 15) is 23.9 Å². The number of nitrogens with zero attached hydrogens (tertiary/aromatic N) is 5. The van der Waals surface area contributed by atoms with E-state index in [-0.39, 0.29) is 41.5 Å². The van der Waals surface area contributed by atoms with Gasteiger partial charge in [-0.25, -0.2) is 9.37 Å². The molecule has 1 aliphatic heterocycles. The van der Waals surface area contributed by atoms with Crippen molar-refractivity contribution in [2.24, 2.45) is 5.92 Å². The highest BCUT2D eigenvalue weighted by Gasteiger charge is 2.53. The highest BCUT2D eigenvalue weighted by molar-refractivity contribution is 5.96. The predicted molar refractivity (Wildman–Crippen MR) is 119 cm³/mol. The summed E-state index contributed by atoms with van der Waals surface area (Å²) in [5.74, 6) is -1.63. The van der Waals surface area contributed by atoms with Crippen molar-refractivity contribution in [2.75, 3.05) is 7.05 Å². The van der Waals surface area contributed by atoms with E-state index in [4.69, 9.17) is 4.42 Å². The van der Waals surface area contributed by atoms with Crippen molar-refractivity contribution >= 4 is 11.7 Å². The number of Topliss-reactive ketones (excluding diaryl/α,β-unsaturated/α-hetero) is 1. The van der Waals surface area contributed by atoms with Gasteiger partial charge in [0.25, 0.3) is 5.56 Å². The molecule has 2 atom stereocenters. The molecule has 0 radical (unpaired) electrons. The summed E-state index contributed by atoms with van der Waals surface area (Å²) in [5, 5.41) is 18.1. The van der Waals surface area contributed by atoms with Crippen LogP contribution in [0.4, 0.5) is 4.39 Å². The van der Waals surface area contributed by atoms with Gasteiger partial charge in [0, 0.05) is 26.9 Å². The molecule has 2 unspecified atom stereocenters. The molecular formula is C24H24FN5O5. The Morgan fingerprint density at radius 2 is 2.03 bits per heavy atom. The van der Waals surface area contributed by atoms with Gasteiger partial charge in [0.05, 0.1) is 0 Å². The number of aryl methyl sites for hydroxylation is 2. The van der Waals surface area contributed by atoms with Gasteiger partial charge in [0.1, 0.15) is 17.2 Å². The third kappa shape index (κ3) is 3.80. The highest BCUT2D eigenvalue weighted by atomic mass is 19.1. The highest BCUT2D eigenvalue weighted by Crippen LogP contribution is 2.49. The normalized spacial score (nSPS) is 20.5. The number of carbonyl (C=O) groups excluding carboxylic acids is 2. The minimum Gasteiger partial charge on any atom is -0.501 e. The molecule has 1 amide bonds. The van der Waals surface area contributed by atoms with Gasteiger partial charge in [0.2, 0.25) is 11.6 Å². The molecule has 1 fully saturated rings. The van der Waals surface area contributed by atoms with Gasteiger partial charge in [-0.15, -0.1) is 10.2 Å². The molecule has 10 nitrogen and oxygen atoms in total. The Labute approximate surface area is 199 Å². The molecule has 0 spiro atoms. The van der Waals surface area contributed by atoms with Crippen LogP contribution in [0.25, 0.3) is 0 Å². The van der Waals surface area contributed by atoms with Crippen LogP contribution in [0, 0.1) is 18.7 Å². The van der Waals surface area contributed by atoms with E-state index >= 15 is 0 Å². The van der Waals surface area contributed by atoms with Crippen LogP contribution in [0.2, 0.25) is 0 Å². The monoisotopic (exact) mass is 481 g/mol. The van der Waals surface area contributed by atoms with Crippen molar-refractivity contribution in [3.63, 3.8) is 0 Å². The summed E-state index contributed by atoms with van der Waals surface area (Å²) in [4.78, 5) is 45.3. The molecule has 182 valence electrons. The molecular weight excluding hydrogens is 457 g/mol. The Bertz CT molecular complexity index is 1380. The van der Waals surface area contributed by atoms with E-state index in [0.717, 1.165) is 12.0 Å². The number of aromatic hydroxyl groups is 1. The molecule has 2 bridgehead atoms. The SMILES string of the molecule is Cc1nnc(C(=O)N(C)C23CCC(Cn4c2nc(C(=O)CCc2ccc(F)cc2)c(O)c4=O)C3)o1. The summed E-state index contributed by atoms with van der Waals surface area (Å²) in [6.07, 6.45) is 2.11. The number of benzene rings is 1. The van der Waals surface area contributed by atoms with Crippen molar-refractivity contribution in [3.05, 3.63) is 69.3 Å². The lowest BCUT2D eigenvalue weighted by atomic mass is 9.89. The minimum absolute atomic E-state index is 0.0270. The summed E-state index contributed by atoms with van der Waals surface area (Å²) in [6, 6.07) is 5.76. The fourth-order valence-corrected chi connectivity index (χ4v) is 5.21. The molecule has 2 aliphatic rings. The number of hydrogen-bond acceptors (Lipinski definition) is 8. The number of amides is 1. The molecule has 1 saturated carbocycles. The summed E-state index contributed by atoms with van der Waals surface area (Å²) >= 11 is 0. The molecule has 35 heavy (non-hydrogen) atoms. The van der Waals surface area contributed by atoms with Crippen LogP contribution in [0.15, 0.2) is 33.5 Å². The van der Waals surface area contributed by atoms with Crippen LogP contribution < -0.4 is 5.56 Å². The summed E-state index contributed by atoms with van der Waals surface area (Å²) in [7, 11) is 1.59. The largest absolute Gasteiger partial charge is 0.501 e. The van der Waals surface area contributed by atoms with Gasteiger partial charge in [-0.3, -0.25) is 19.0 Å². The predicted octanol–water partition coefficient (Wildman–Crippen LogP) is 2.38. The minimum atomic E-state index is -0.957. The third-order valence-corrected chi connectivity index (χ3v) is 7.07. The maximum absolute atomic E-state index is 13.2. The number of fused-ring (bicyclic) bond motifs is 4. The van der Waals surface area contributed by atoms with Crippen LogP contribution >= 0.6 is 0 Å². The van der Waals surface area contributed by atoms with Crippen LogP contribution in [0.5, 0.6) is 5.75 Å². The van der Waals surface area contributed by atoms with E-state index in [1.165, 1.54) is 21.6 Å². The first-order chi connectivity index (χ1) is 16.7. The summed E-state index contributed by atoms with van der Waals surface area (Å²) in [5.41, 5.74) is -1.24. The number of carbonyl (C=O) groups is 2. The Hall–Kier alpha value is -3.89. The summed E-state index contributed by atoms with van der Waals surface area (Å²) < 4.78 is 19.8. The van der Waals surface area contributed by atoms with Crippen LogP contribution in [-0.2, 0) is 18.5 Å². The first kappa shape index (κ1) is 22.9. The Morgan fingerprint density at radius 3 is 2.71 bits per heavy atom. The van der Waals surface area contributed by atoms with Crippen molar-refractivity contribution in [1.29, 1.82) is 0 Å². The number of aromatic nitrogens is 4. The van der Waals surface area contributed by atoms with Crippen LogP contribution in [0.3, 0.4) is 0 Å². The van der Waals surface area contributed by atoms with Gasteiger partial charge in [-0.1, -0.05) is 12.1 Å². The second-order valence-electron chi connectivity index (χ2n) is 9.23. The molecule has 1 N–H and O–H groups in total. The lowest BCUT2D eigenvalue weighted by molar-refractivity contribution is 0.0436. The molecule has 2 aromatic heterocycles. The molecule has 1 aromatic carbocycles. The number of ketones is 1. The Morgan fingerprint density at radius 1 is 1.29 bits per heavy atom. The van der Waals surface area contributed by atoms with Crippen LogP contribution in [0.1, 0.15) is 64.1 Å². The van der Waals surface area contributed by atoms with Crippen molar-refractivity contribution in [1.82, 2.24) is 24.6 Å². The second-order valence-corrected chi connectivity index (χ2v) is 9.23. The topological polar surface area (TPSA) is 131 Å². The lowest BCUT2D eigenvalue weighted by Gasteiger charge is -2.41. The van der Waals surface area contributed by atoms with E-state index in [1.807, 2.05) is 0 Å². The average molecular weight is 481 g/mol. The number of halogens is 1. The zero-order chi connectivity index (χ0) is 24.9. The smallest absolute Gasteiger partial charge is 0.311 e. The number of rotatable bonds is 6. The van der Waals surface area contributed by atoms with Crippen molar-refractivity contribution in [2.45, 2.75) is 51.1 Å². The Balaban J connectivity index is 1.51. The summed E-state index contributed by atoms with van der Waals surface area (Å²) in [6.45, 7) is 1.93. The molecule has 11 heteroatoms. The zero-order valence-corrected chi connectivity index (χ0v) is 19.3. The molecule has 3 aromatic rings. The quantitative estimate of drug-likeness (QED) is 0.531. The first-order valence-corrected chi connectivity index (χ1v) is 11.4. The van der Waals surface area contributed by atoms with E-state index in [1.54, 1.807) is 26.1 Å². The Kier molecular flexibility index (Phi) is 5.49. The fraction of sp³-hybridized carbons (Fsp3) is 0.417. The van der Waals surface area contributed by atoms with Gasteiger partial charge < -0.3 is 14.4 Å². The second kappa shape index (κ2) is 8.40. The molecule has 1 aliphatic carbocycles. The molecule has 0 saturated heterocycles. The third-order valence-electron chi connectivity index (χ3n) is 7.07. The fourth-order valence-electron chi connectivity index (χ4n) is 5.21. The van der Waals surface area contributed by atoms with E-state index in [0.29, 0.717) is 25.8 Å². The lowest BCUT2D eigenvalue weighted by Crippen LogP contribution is -2.51.